The smallest absolute Gasteiger partial charge is 0.334 e. The molecule has 0 radical (unpaired) electrons. The molecule has 0 heterocycles. The van der Waals surface area contributed by atoms with Crippen molar-refractivity contribution in [2.75, 3.05) is 7.11 Å². The Morgan fingerprint density at radius 3 is 2.54 bits per heavy atom. The van der Waals surface area contributed by atoms with Gasteiger partial charge in [0.05, 0.1) is 7.11 Å². The molecule has 1 aliphatic rings. The van der Waals surface area contributed by atoms with Crippen molar-refractivity contribution in [3.05, 3.63) is 47.6 Å². The van der Waals surface area contributed by atoms with Crippen LogP contribution in [0.3, 0.4) is 0 Å². The Balaban J connectivity index is 2.04. The molecule has 0 fully saturated rings. The molecule has 0 saturated carbocycles. The molecule has 0 aromatic heterocycles. The van der Waals surface area contributed by atoms with Crippen LogP contribution in [0.15, 0.2) is 42.0 Å². The van der Waals surface area contributed by atoms with Gasteiger partial charge in [0.25, 0.3) is 5.97 Å². The number of benzene rings is 1. The average Bonchev–Trinajstić information content (AvgIpc) is 3.00. The molecule has 5 heteroatoms. The summed E-state index contributed by atoms with van der Waals surface area (Å²) in [6.45, 7) is 5.59. The highest BCUT2D eigenvalue weighted by Crippen LogP contribution is 2.27. The zero-order valence-electron chi connectivity index (χ0n) is 14.7. The fraction of sp³-hybridized carbons (Fsp3) is 0.368. The van der Waals surface area contributed by atoms with Crippen LogP contribution in [0.25, 0.3) is 5.57 Å². The van der Waals surface area contributed by atoms with Crippen LogP contribution in [0.5, 0.6) is 0 Å². The van der Waals surface area contributed by atoms with Crippen LogP contribution in [0, 0.1) is 0 Å². The van der Waals surface area contributed by atoms with Crippen molar-refractivity contribution >= 4 is 30.3 Å². The molecule has 2 rings (SSSR count). The van der Waals surface area contributed by atoms with Gasteiger partial charge in [0.15, 0.2) is 7.28 Å². The van der Waals surface area contributed by atoms with E-state index in [-0.39, 0.29) is 11.9 Å². The molecular formula is C19H23BO4. The number of carbonyl (C=O) groups excluding carboxylic acids is 2. The Bertz CT molecular complexity index is 696. The van der Waals surface area contributed by atoms with Gasteiger partial charge in [-0.1, -0.05) is 41.9 Å². The fourth-order valence-corrected chi connectivity index (χ4v) is 2.66. The summed E-state index contributed by atoms with van der Waals surface area (Å²) in [5, 5.41) is 0. The molecule has 0 amide bonds. The number of hydrogen-bond acceptors (Lipinski definition) is 4. The van der Waals surface area contributed by atoms with Crippen molar-refractivity contribution in [2.45, 2.75) is 39.1 Å². The van der Waals surface area contributed by atoms with Crippen molar-refractivity contribution < 1.29 is 19.1 Å². The first-order valence-corrected chi connectivity index (χ1v) is 8.08. The minimum atomic E-state index is -0.468. The molecule has 4 nitrogen and oxygen atoms in total. The van der Waals surface area contributed by atoms with Crippen molar-refractivity contribution in [1.29, 1.82) is 0 Å². The van der Waals surface area contributed by atoms with Gasteiger partial charge in [-0.05, 0) is 31.9 Å². The third kappa shape index (κ3) is 4.85. The lowest BCUT2D eigenvalue weighted by molar-refractivity contribution is -0.151. The highest BCUT2D eigenvalue weighted by Gasteiger charge is 2.20. The summed E-state index contributed by atoms with van der Waals surface area (Å²) < 4.78 is 10.1. The lowest BCUT2D eigenvalue weighted by Gasteiger charge is -2.19. The maximum Gasteiger partial charge on any atom is 0.334 e. The standard InChI is InChI=1S/C19H23BO4/c1-19(2,3)24-17(21)12-20-16-8-6-5-7-15(16)13-9-10-14(11-13)18(22)23-4/h5-10,20H,11-12H2,1-4H3. The average molecular weight is 326 g/mol. The van der Waals surface area contributed by atoms with E-state index < -0.39 is 5.60 Å². The summed E-state index contributed by atoms with van der Waals surface area (Å²) in [4.78, 5) is 23.6. The molecule has 126 valence electrons. The molecule has 0 aliphatic heterocycles. The number of esters is 2. The largest absolute Gasteiger partial charge is 0.466 e. The number of rotatable bonds is 5. The molecular weight excluding hydrogens is 303 g/mol. The summed E-state index contributed by atoms with van der Waals surface area (Å²) in [5.74, 6) is -0.501. The molecule has 24 heavy (non-hydrogen) atoms. The third-order valence-corrected chi connectivity index (χ3v) is 3.70. The molecule has 0 bridgehead atoms. The van der Waals surface area contributed by atoms with E-state index in [0.29, 0.717) is 25.6 Å². The Labute approximate surface area is 143 Å². The maximum atomic E-state index is 11.9. The summed E-state index contributed by atoms with van der Waals surface area (Å²) >= 11 is 0. The van der Waals surface area contributed by atoms with E-state index in [1.54, 1.807) is 6.08 Å². The van der Waals surface area contributed by atoms with E-state index >= 15 is 0 Å². The number of methoxy groups -OCH3 is 1. The van der Waals surface area contributed by atoms with Crippen LogP contribution in [0.2, 0.25) is 6.32 Å². The summed E-state index contributed by atoms with van der Waals surface area (Å²) in [6, 6.07) is 7.95. The highest BCUT2D eigenvalue weighted by atomic mass is 16.6. The summed E-state index contributed by atoms with van der Waals surface area (Å²) in [7, 11) is 1.99. The monoisotopic (exact) mass is 326 g/mol. The van der Waals surface area contributed by atoms with Gasteiger partial charge >= 0.3 is 5.97 Å². The normalized spacial score (nSPS) is 13.8. The van der Waals surface area contributed by atoms with Crippen LogP contribution < -0.4 is 5.46 Å². The Hall–Kier alpha value is -2.30. The molecule has 1 aromatic rings. The van der Waals surface area contributed by atoms with Gasteiger partial charge in [-0.25, -0.2) is 4.79 Å². The molecule has 0 saturated heterocycles. The first-order valence-electron chi connectivity index (χ1n) is 8.08. The van der Waals surface area contributed by atoms with E-state index in [9.17, 15) is 9.59 Å². The highest BCUT2D eigenvalue weighted by molar-refractivity contribution is 6.58. The predicted octanol–water partition coefficient (Wildman–Crippen LogP) is 2.39. The van der Waals surface area contributed by atoms with Gasteiger partial charge in [-0.2, -0.15) is 0 Å². The van der Waals surface area contributed by atoms with E-state index in [1.165, 1.54) is 7.11 Å². The zero-order valence-corrected chi connectivity index (χ0v) is 14.7. The molecule has 0 spiro atoms. The van der Waals surface area contributed by atoms with Crippen molar-refractivity contribution in [2.24, 2.45) is 0 Å². The van der Waals surface area contributed by atoms with Crippen LogP contribution in [-0.2, 0) is 19.1 Å². The lowest BCUT2D eigenvalue weighted by atomic mass is 9.64. The number of ether oxygens (including phenoxy) is 2. The Morgan fingerprint density at radius 2 is 1.88 bits per heavy atom. The summed E-state index contributed by atoms with van der Waals surface area (Å²) in [5.41, 5.74) is 3.39. The van der Waals surface area contributed by atoms with Crippen LogP contribution in [0.4, 0.5) is 0 Å². The minimum absolute atomic E-state index is 0.203. The second-order valence-electron chi connectivity index (χ2n) is 6.80. The second-order valence-corrected chi connectivity index (χ2v) is 6.80. The first kappa shape index (κ1) is 18.0. The van der Waals surface area contributed by atoms with E-state index in [0.717, 1.165) is 16.6 Å². The van der Waals surface area contributed by atoms with Gasteiger partial charge in [0, 0.05) is 18.3 Å². The quantitative estimate of drug-likeness (QED) is 0.616. The lowest BCUT2D eigenvalue weighted by Crippen LogP contribution is -2.27. The number of hydrogen-bond donors (Lipinski definition) is 0. The SMILES string of the molecule is COC(=O)C1=CC=C(c2ccccc2BCC(=O)OC(C)(C)C)C1. The van der Waals surface area contributed by atoms with E-state index in [2.05, 4.69) is 0 Å². The van der Waals surface area contributed by atoms with Crippen LogP contribution >= 0.6 is 0 Å². The van der Waals surface area contributed by atoms with E-state index in [4.69, 9.17) is 9.47 Å². The van der Waals surface area contributed by atoms with Crippen molar-refractivity contribution in [3.8, 4) is 0 Å². The van der Waals surface area contributed by atoms with Crippen LogP contribution in [0.1, 0.15) is 32.8 Å². The second kappa shape index (κ2) is 7.52. The topological polar surface area (TPSA) is 52.6 Å². The molecule has 0 N–H and O–H groups in total. The maximum absolute atomic E-state index is 11.9. The predicted molar refractivity (Wildman–Crippen MR) is 96.6 cm³/mol. The van der Waals surface area contributed by atoms with Crippen molar-refractivity contribution in [3.63, 3.8) is 0 Å². The molecule has 0 unspecified atom stereocenters. The van der Waals surface area contributed by atoms with Crippen LogP contribution in [-0.4, -0.2) is 31.9 Å². The van der Waals surface area contributed by atoms with Gasteiger partial charge < -0.3 is 9.47 Å². The van der Waals surface area contributed by atoms with Gasteiger partial charge in [-0.15, -0.1) is 0 Å². The van der Waals surface area contributed by atoms with E-state index in [1.807, 2.05) is 51.1 Å². The Morgan fingerprint density at radius 1 is 1.17 bits per heavy atom. The Kier molecular flexibility index (Phi) is 5.65. The molecule has 1 aromatic carbocycles. The summed E-state index contributed by atoms with van der Waals surface area (Å²) in [6.07, 6.45) is 4.62. The molecule has 1 aliphatic carbocycles. The fourth-order valence-electron chi connectivity index (χ4n) is 2.66. The third-order valence-electron chi connectivity index (χ3n) is 3.70. The molecule has 0 atom stereocenters. The first-order chi connectivity index (χ1) is 11.3. The minimum Gasteiger partial charge on any atom is -0.466 e. The number of carbonyl (C=O) groups is 2. The zero-order chi connectivity index (χ0) is 17.7. The van der Waals surface area contributed by atoms with Gasteiger partial charge in [-0.3, -0.25) is 4.79 Å². The number of allylic oxidation sites excluding steroid dienone is 3. The van der Waals surface area contributed by atoms with Gasteiger partial charge in [0.1, 0.15) is 5.60 Å². The van der Waals surface area contributed by atoms with Crippen molar-refractivity contribution in [1.82, 2.24) is 0 Å². The van der Waals surface area contributed by atoms with Gasteiger partial charge in [0.2, 0.25) is 0 Å².